The first-order chi connectivity index (χ1) is 7.63. The van der Waals surface area contributed by atoms with Crippen molar-refractivity contribution in [2.24, 2.45) is 5.73 Å². The second-order valence-electron chi connectivity index (χ2n) is 3.79. The van der Waals surface area contributed by atoms with Crippen LogP contribution >= 0.6 is 0 Å². The Morgan fingerprint density at radius 2 is 2.19 bits per heavy atom. The third-order valence-corrected chi connectivity index (χ3v) is 2.75. The minimum absolute atomic E-state index is 0.137. The van der Waals surface area contributed by atoms with Gasteiger partial charge in [0.25, 0.3) is 5.56 Å². The Morgan fingerprint density at radius 3 is 2.88 bits per heavy atom. The SMILES string of the molecule is Cc1c(CCN)c(=O)[nH]c2ccc(F)cc12. The fourth-order valence-corrected chi connectivity index (χ4v) is 1.91. The van der Waals surface area contributed by atoms with E-state index in [0.29, 0.717) is 24.0 Å². The number of rotatable bonds is 2. The largest absolute Gasteiger partial charge is 0.330 e. The maximum absolute atomic E-state index is 13.1. The molecule has 0 unspecified atom stereocenters. The molecule has 0 aliphatic rings. The first-order valence-electron chi connectivity index (χ1n) is 5.14. The minimum atomic E-state index is -0.304. The van der Waals surface area contributed by atoms with Gasteiger partial charge in [0, 0.05) is 16.5 Å². The van der Waals surface area contributed by atoms with Gasteiger partial charge >= 0.3 is 0 Å². The van der Waals surface area contributed by atoms with Crippen molar-refractivity contribution in [3.8, 4) is 0 Å². The number of halogens is 1. The number of benzene rings is 1. The van der Waals surface area contributed by atoms with Gasteiger partial charge in [-0.1, -0.05) is 0 Å². The zero-order valence-electron chi connectivity index (χ0n) is 9.01. The van der Waals surface area contributed by atoms with Crippen LogP contribution in [-0.2, 0) is 6.42 Å². The number of hydrogen-bond acceptors (Lipinski definition) is 2. The van der Waals surface area contributed by atoms with Crippen LogP contribution in [0.2, 0.25) is 0 Å². The van der Waals surface area contributed by atoms with E-state index in [4.69, 9.17) is 5.73 Å². The zero-order chi connectivity index (χ0) is 11.7. The number of aromatic amines is 1. The first-order valence-corrected chi connectivity index (χ1v) is 5.14. The molecule has 2 rings (SSSR count). The number of nitrogens with two attached hydrogens (primary N) is 1. The van der Waals surface area contributed by atoms with E-state index in [1.165, 1.54) is 12.1 Å². The predicted octanol–water partition coefficient (Wildman–Crippen LogP) is 1.48. The van der Waals surface area contributed by atoms with Crippen molar-refractivity contribution in [2.45, 2.75) is 13.3 Å². The molecule has 84 valence electrons. The Hall–Kier alpha value is -1.68. The summed E-state index contributed by atoms with van der Waals surface area (Å²) in [5.41, 5.74) is 7.41. The Morgan fingerprint density at radius 1 is 1.44 bits per heavy atom. The summed E-state index contributed by atoms with van der Waals surface area (Å²) in [6, 6.07) is 4.34. The number of fused-ring (bicyclic) bond motifs is 1. The fourth-order valence-electron chi connectivity index (χ4n) is 1.91. The molecule has 0 fully saturated rings. The highest BCUT2D eigenvalue weighted by Crippen LogP contribution is 2.18. The highest BCUT2D eigenvalue weighted by Gasteiger charge is 2.08. The third kappa shape index (κ3) is 1.72. The van der Waals surface area contributed by atoms with E-state index in [0.717, 1.165) is 10.9 Å². The predicted molar refractivity (Wildman–Crippen MR) is 62.0 cm³/mol. The van der Waals surface area contributed by atoms with E-state index in [1.807, 2.05) is 6.92 Å². The molecular weight excluding hydrogens is 207 g/mol. The number of pyridine rings is 1. The topological polar surface area (TPSA) is 58.9 Å². The second-order valence-corrected chi connectivity index (χ2v) is 3.79. The van der Waals surface area contributed by atoms with Crippen molar-refractivity contribution in [3.63, 3.8) is 0 Å². The molecule has 0 atom stereocenters. The summed E-state index contributed by atoms with van der Waals surface area (Å²) in [6.07, 6.45) is 0.508. The smallest absolute Gasteiger partial charge is 0.251 e. The maximum atomic E-state index is 13.1. The lowest BCUT2D eigenvalue weighted by molar-refractivity contribution is 0.629. The quantitative estimate of drug-likeness (QED) is 0.805. The molecule has 16 heavy (non-hydrogen) atoms. The summed E-state index contributed by atoms with van der Waals surface area (Å²) in [5.74, 6) is -0.304. The Kier molecular flexibility index (Phi) is 2.75. The molecule has 0 amide bonds. The van der Waals surface area contributed by atoms with Crippen molar-refractivity contribution < 1.29 is 4.39 Å². The van der Waals surface area contributed by atoms with Crippen molar-refractivity contribution in [1.82, 2.24) is 4.98 Å². The average Bonchev–Trinajstić information content (AvgIpc) is 2.26. The lowest BCUT2D eigenvalue weighted by atomic mass is 10.0. The van der Waals surface area contributed by atoms with Gasteiger partial charge in [-0.2, -0.15) is 0 Å². The van der Waals surface area contributed by atoms with E-state index in [2.05, 4.69) is 4.98 Å². The molecule has 0 bridgehead atoms. The highest BCUT2D eigenvalue weighted by molar-refractivity contribution is 5.82. The Balaban J connectivity index is 2.79. The van der Waals surface area contributed by atoms with Crippen molar-refractivity contribution in [1.29, 1.82) is 0 Å². The van der Waals surface area contributed by atoms with Gasteiger partial charge < -0.3 is 10.7 Å². The molecule has 0 radical (unpaired) electrons. The van der Waals surface area contributed by atoms with Gasteiger partial charge in [-0.25, -0.2) is 4.39 Å². The van der Waals surface area contributed by atoms with Gasteiger partial charge in [0.1, 0.15) is 5.82 Å². The molecule has 1 aromatic heterocycles. The number of H-pyrrole nitrogens is 1. The van der Waals surface area contributed by atoms with E-state index in [9.17, 15) is 9.18 Å². The summed E-state index contributed by atoms with van der Waals surface area (Å²) in [7, 11) is 0. The number of hydrogen-bond donors (Lipinski definition) is 2. The summed E-state index contributed by atoms with van der Waals surface area (Å²) >= 11 is 0. The first kappa shape index (κ1) is 10.8. The number of aryl methyl sites for hydroxylation is 1. The van der Waals surface area contributed by atoms with Crippen molar-refractivity contribution in [2.75, 3.05) is 6.54 Å². The van der Waals surface area contributed by atoms with Gasteiger partial charge in [-0.15, -0.1) is 0 Å². The molecule has 0 saturated heterocycles. The molecule has 0 aliphatic carbocycles. The van der Waals surface area contributed by atoms with Crippen LogP contribution in [0.25, 0.3) is 10.9 Å². The van der Waals surface area contributed by atoms with E-state index >= 15 is 0 Å². The molecule has 1 heterocycles. The Labute approximate surface area is 92.1 Å². The molecule has 0 aliphatic heterocycles. The van der Waals surface area contributed by atoms with Gasteiger partial charge in [0.2, 0.25) is 0 Å². The van der Waals surface area contributed by atoms with Gasteiger partial charge in [0.15, 0.2) is 0 Å². The standard InChI is InChI=1S/C12H13FN2O/c1-7-9(4-5-14)12(16)15-11-3-2-8(13)6-10(7)11/h2-3,6H,4-5,14H2,1H3,(H,15,16). The molecule has 2 aromatic rings. The van der Waals surface area contributed by atoms with Crippen LogP contribution in [0.1, 0.15) is 11.1 Å². The van der Waals surface area contributed by atoms with Crippen LogP contribution in [0.15, 0.2) is 23.0 Å². The number of nitrogens with one attached hydrogen (secondary N) is 1. The molecule has 1 aromatic carbocycles. The van der Waals surface area contributed by atoms with Gasteiger partial charge in [0.05, 0.1) is 0 Å². The molecule has 3 nitrogen and oxygen atoms in total. The fraction of sp³-hybridized carbons (Fsp3) is 0.250. The van der Waals surface area contributed by atoms with Crippen molar-refractivity contribution >= 4 is 10.9 Å². The monoisotopic (exact) mass is 220 g/mol. The highest BCUT2D eigenvalue weighted by atomic mass is 19.1. The molecule has 0 saturated carbocycles. The van der Waals surface area contributed by atoms with Crippen LogP contribution < -0.4 is 11.3 Å². The second kappa shape index (κ2) is 4.06. The van der Waals surface area contributed by atoms with Crippen LogP contribution in [-0.4, -0.2) is 11.5 Å². The van der Waals surface area contributed by atoms with E-state index in [1.54, 1.807) is 6.07 Å². The molecule has 0 spiro atoms. The van der Waals surface area contributed by atoms with Crippen LogP contribution in [0.3, 0.4) is 0 Å². The zero-order valence-corrected chi connectivity index (χ0v) is 9.01. The summed E-state index contributed by atoms with van der Waals surface area (Å²) in [5, 5.41) is 0.739. The van der Waals surface area contributed by atoms with Crippen LogP contribution in [0.4, 0.5) is 4.39 Å². The third-order valence-electron chi connectivity index (χ3n) is 2.75. The molecule has 3 N–H and O–H groups in total. The van der Waals surface area contributed by atoms with Crippen LogP contribution in [0.5, 0.6) is 0 Å². The van der Waals surface area contributed by atoms with E-state index in [-0.39, 0.29) is 11.4 Å². The van der Waals surface area contributed by atoms with Gasteiger partial charge in [-0.3, -0.25) is 4.79 Å². The minimum Gasteiger partial charge on any atom is -0.330 e. The summed E-state index contributed by atoms with van der Waals surface area (Å²) in [4.78, 5) is 14.5. The maximum Gasteiger partial charge on any atom is 0.251 e. The molecule has 4 heteroatoms. The summed E-state index contributed by atoms with van der Waals surface area (Å²) in [6.45, 7) is 2.23. The average molecular weight is 220 g/mol. The number of aromatic nitrogens is 1. The summed E-state index contributed by atoms with van der Waals surface area (Å²) < 4.78 is 13.1. The molecular formula is C12H13FN2O. The lowest BCUT2D eigenvalue weighted by Gasteiger charge is -2.07. The normalized spacial score (nSPS) is 10.9. The van der Waals surface area contributed by atoms with Gasteiger partial charge in [-0.05, 0) is 43.7 Å². The van der Waals surface area contributed by atoms with Crippen molar-refractivity contribution in [3.05, 3.63) is 45.5 Å². The van der Waals surface area contributed by atoms with E-state index < -0.39 is 0 Å². The Bertz CT molecular complexity index is 589. The van der Waals surface area contributed by atoms with Crippen LogP contribution in [0, 0.1) is 12.7 Å². The lowest BCUT2D eigenvalue weighted by Crippen LogP contribution is -2.18.